The van der Waals surface area contributed by atoms with Crippen LogP contribution in [0, 0.1) is 11.6 Å². The number of alkyl halides is 3. The lowest BCUT2D eigenvalue weighted by atomic mass is 10.2. The van der Waals surface area contributed by atoms with Crippen LogP contribution in [0.25, 0.3) is 5.69 Å². The second-order valence-corrected chi connectivity index (χ2v) is 7.00. The number of amides is 1. The van der Waals surface area contributed by atoms with E-state index in [2.05, 4.69) is 20.4 Å². The topological polar surface area (TPSA) is 81.9 Å². The van der Waals surface area contributed by atoms with Gasteiger partial charge in [0.05, 0.1) is 17.4 Å². The van der Waals surface area contributed by atoms with Crippen molar-refractivity contribution in [2.45, 2.75) is 6.18 Å². The van der Waals surface area contributed by atoms with Gasteiger partial charge in [0, 0.05) is 24.0 Å². The molecule has 0 saturated heterocycles. The van der Waals surface area contributed by atoms with Crippen molar-refractivity contribution < 1.29 is 31.5 Å². The van der Waals surface area contributed by atoms with E-state index in [4.69, 9.17) is 16.3 Å². The highest BCUT2D eigenvalue weighted by atomic mass is 35.5. The van der Waals surface area contributed by atoms with Crippen LogP contribution in [0.3, 0.4) is 0 Å². The molecule has 1 N–H and O–H groups in total. The lowest BCUT2D eigenvalue weighted by Gasteiger charge is -2.13. The summed E-state index contributed by atoms with van der Waals surface area (Å²) in [5.74, 6) is -3.08. The monoisotopic (exact) mass is 495 g/mol. The van der Waals surface area contributed by atoms with Crippen molar-refractivity contribution in [3.05, 3.63) is 89.1 Å². The highest BCUT2D eigenvalue weighted by Gasteiger charge is 2.40. The molecule has 0 bridgehead atoms. The number of hydrogen-bond donors (Lipinski definition) is 1. The average molecular weight is 496 g/mol. The van der Waals surface area contributed by atoms with Crippen LogP contribution in [-0.4, -0.2) is 25.7 Å². The summed E-state index contributed by atoms with van der Waals surface area (Å²) in [6.45, 7) is 0. The molecule has 0 atom stereocenters. The number of aromatic nitrogens is 4. The maximum Gasteiger partial charge on any atom is 0.434 e. The number of nitrogens with one attached hydrogen (secondary N) is 1. The van der Waals surface area contributed by atoms with Crippen LogP contribution in [0.15, 0.2) is 60.9 Å². The third kappa shape index (κ3) is 4.96. The van der Waals surface area contributed by atoms with E-state index in [9.17, 15) is 26.7 Å². The normalized spacial score (nSPS) is 11.4. The molecule has 0 saturated carbocycles. The maximum atomic E-state index is 14.4. The number of carbonyl (C=O) groups excluding carboxylic acids is 1. The molecule has 0 aliphatic carbocycles. The number of carbonyl (C=O) groups is 1. The van der Waals surface area contributed by atoms with E-state index in [0.29, 0.717) is 10.9 Å². The van der Waals surface area contributed by atoms with Gasteiger partial charge in [0.25, 0.3) is 5.91 Å². The van der Waals surface area contributed by atoms with Crippen molar-refractivity contribution in [1.29, 1.82) is 0 Å². The Hall–Kier alpha value is -4.06. The molecule has 0 radical (unpaired) electrons. The molecule has 1 amide bonds. The Labute approximate surface area is 192 Å². The maximum absolute atomic E-state index is 14.4. The molecule has 0 spiro atoms. The highest BCUT2D eigenvalue weighted by molar-refractivity contribution is 6.28. The van der Waals surface area contributed by atoms with Gasteiger partial charge in [-0.15, -0.1) is 0 Å². The summed E-state index contributed by atoms with van der Waals surface area (Å²) >= 11 is 5.64. The lowest BCUT2D eigenvalue weighted by molar-refractivity contribution is -0.143. The van der Waals surface area contributed by atoms with Gasteiger partial charge >= 0.3 is 6.18 Å². The molecule has 7 nitrogen and oxygen atoms in total. The first-order chi connectivity index (χ1) is 16.1. The molecule has 174 valence electrons. The van der Waals surface area contributed by atoms with E-state index >= 15 is 0 Å². The summed E-state index contributed by atoms with van der Waals surface area (Å²) in [7, 11) is 0. The Balaban J connectivity index is 1.59. The number of rotatable bonds is 5. The highest BCUT2D eigenvalue weighted by Crippen LogP contribution is 2.34. The van der Waals surface area contributed by atoms with Gasteiger partial charge in [0.1, 0.15) is 5.82 Å². The van der Waals surface area contributed by atoms with Crippen molar-refractivity contribution >= 4 is 23.2 Å². The van der Waals surface area contributed by atoms with Gasteiger partial charge in [-0.05, 0) is 48.0 Å². The molecular weight excluding hydrogens is 485 g/mol. The van der Waals surface area contributed by atoms with Gasteiger partial charge in [-0.25, -0.2) is 18.4 Å². The summed E-state index contributed by atoms with van der Waals surface area (Å²) in [4.78, 5) is 20.0. The molecule has 4 aromatic rings. The second kappa shape index (κ2) is 9.06. The fourth-order valence-corrected chi connectivity index (χ4v) is 3.05. The van der Waals surface area contributed by atoms with Crippen LogP contribution in [-0.2, 0) is 6.18 Å². The lowest BCUT2D eigenvalue weighted by Crippen LogP contribution is -2.20. The number of nitrogens with zero attached hydrogens (tertiary/aromatic N) is 4. The van der Waals surface area contributed by atoms with Gasteiger partial charge < -0.3 is 10.1 Å². The summed E-state index contributed by atoms with van der Waals surface area (Å²) in [6.07, 6.45) is -2.96. The molecule has 13 heteroatoms. The van der Waals surface area contributed by atoms with Crippen molar-refractivity contribution in [3.8, 4) is 17.3 Å². The van der Waals surface area contributed by atoms with Crippen molar-refractivity contribution in [1.82, 2.24) is 19.7 Å². The number of halogens is 6. The van der Waals surface area contributed by atoms with Crippen LogP contribution in [0.4, 0.5) is 27.6 Å². The van der Waals surface area contributed by atoms with Gasteiger partial charge in [0.15, 0.2) is 17.3 Å². The van der Waals surface area contributed by atoms with Crippen molar-refractivity contribution in [2.24, 2.45) is 0 Å². The van der Waals surface area contributed by atoms with E-state index in [1.165, 1.54) is 18.3 Å². The molecular formula is C21H11ClF5N5O2. The molecule has 2 heterocycles. The Morgan fingerprint density at radius 1 is 1.06 bits per heavy atom. The summed E-state index contributed by atoms with van der Waals surface area (Å²) in [5, 5.41) is 5.70. The Kier molecular flexibility index (Phi) is 6.16. The standard InChI is InChI=1S/C21H11ClF5N5O2/c22-20-28-8-7-17(31-20)34-16-6-3-12(9-15(16)24)30-19(33)14-10-29-32(18(14)21(25,26)27)13-4-1-11(23)2-5-13/h1-10H,(H,30,33). The third-order valence-corrected chi connectivity index (χ3v) is 4.54. The summed E-state index contributed by atoms with van der Waals surface area (Å²) in [5.41, 5.74) is -2.44. The van der Waals surface area contributed by atoms with E-state index in [-0.39, 0.29) is 28.3 Å². The number of anilines is 1. The Morgan fingerprint density at radius 3 is 2.44 bits per heavy atom. The van der Waals surface area contributed by atoms with E-state index in [1.807, 2.05) is 0 Å². The Morgan fingerprint density at radius 2 is 1.79 bits per heavy atom. The van der Waals surface area contributed by atoms with Crippen molar-refractivity contribution in [2.75, 3.05) is 5.32 Å². The minimum Gasteiger partial charge on any atom is -0.436 e. The minimum absolute atomic E-state index is 0.0429. The van der Waals surface area contributed by atoms with Crippen LogP contribution in [0.2, 0.25) is 5.28 Å². The first kappa shape index (κ1) is 23.1. The zero-order valence-corrected chi connectivity index (χ0v) is 17.4. The summed E-state index contributed by atoms with van der Waals surface area (Å²) in [6, 6.07) is 8.63. The van der Waals surface area contributed by atoms with Crippen LogP contribution >= 0.6 is 11.6 Å². The Bertz CT molecular complexity index is 1360. The summed E-state index contributed by atoms with van der Waals surface area (Å²) < 4.78 is 74.5. The van der Waals surface area contributed by atoms with Crippen LogP contribution in [0.1, 0.15) is 16.1 Å². The number of hydrogen-bond acceptors (Lipinski definition) is 5. The zero-order valence-electron chi connectivity index (χ0n) is 16.6. The SMILES string of the molecule is O=C(Nc1ccc(Oc2ccnc(Cl)n2)c(F)c1)c1cnn(-c2ccc(F)cc2)c1C(F)(F)F. The van der Waals surface area contributed by atoms with E-state index in [0.717, 1.165) is 36.4 Å². The van der Waals surface area contributed by atoms with Gasteiger partial charge in [-0.3, -0.25) is 4.79 Å². The third-order valence-electron chi connectivity index (χ3n) is 4.36. The second-order valence-electron chi connectivity index (χ2n) is 6.66. The van der Waals surface area contributed by atoms with E-state index in [1.54, 1.807) is 0 Å². The molecule has 4 rings (SSSR count). The largest absolute Gasteiger partial charge is 0.436 e. The van der Waals surface area contributed by atoms with E-state index < -0.39 is 35.0 Å². The quantitative estimate of drug-likeness (QED) is 0.285. The molecule has 34 heavy (non-hydrogen) atoms. The molecule has 0 aliphatic heterocycles. The molecule has 0 unspecified atom stereocenters. The van der Waals surface area contributed by atoms with Gasteiger partial charge in [0.2, 0.25) is 11.2 Å². The number of benzene rings is 2. The average Bonchev–Trinajstić information content (AvgIpc) is 3.22. The predicted molar refractivity (Wildman–Crippen MR) is 110 cm³/mol. The first-order valence-corrected chi connectivity index (χ1v) is 9.68. The van der Waals surface area contributed by atoms with Gasteiger partial charge in [-0.2, -0.15) is 23.3 Å². The first-order valence-electron chi connectivity index (χ1n) is 9.30. The van der Waals surface area contributed by atoms with Crippen molar-refractivity contribution in [3.63, 3.8) is 0 Å². The van der Waals surface area contributed by atoms with Crippen LogP contribution < -0.4 is 10.1 Å². The smallest absolute Gasteiger partial charge is 0.434 e. The molecule has 2 aromatic heterocycles. The predicted octanol–water partition coefficient (Wildman–Crippen LogP) is 5.66. The van der Waals surface area contributed by atoms with Gasteiger partial charge in [-0.1, -0.05) is 0 Å². The fourth-order valence-electron chi connectivity index (χ4n) is 2.91. The molecule has 2 aromatic carbocycles. The molecule has 0 fully saturated rings. The zero-order chi connectivity index (χ0) is 24.5. The van der Waals surface area contributed by atoms with Crippen LogP contribution in [0.5, 0.6) is 11.6 Å². The fraction of sp³-hybridized carbons (Fsp3) is 0.0476. The molecule has 0 aliphatic rings. The minimum atomic E-state index is -4.97. The number of ether oxygens (including phenoxy) is 1.